The number of benzene rings is 3. The minimum Gasteiger partial charge on any atom is -0.337 e. The Kier molecular flexibility index (Phi) is 5.49. The van der Waals surface area contributed by atoms with E-state index < -0.39 is 0 Å². The highest BCUT2D eigenvalue weighted by Crippen LogP contribution is 2.36. The van der Waals surface area contributed by atoms with Crippen LogP contribution in [0.5, 0.6) is 0 Å². The monoisotopic (exact) mass is 455 g/mol. The molecular formula is C29H21N5O. The van der Waals surface area contributed by atoms with Gasteiger partial charge in [0.2, 0.25) is 0 Å². The Morgan fingerprint density at radius 2 is 1.60 bits per heavy atom. The number of nitriles is 2. The van der Waals surface area contributed by atoms with Crippen LogP contribution in [0.15, 0.2) is 90.1 Å². The van der Waals surface area contributed by atoms with Crippen LogP contribution < -0.4 is 5.56 Å². The van der Waals surface area contributed by atoms with E-state index in [4.69, 9.17) is 0 Å². The van der Waals surface area contributed by atoms with Gasteiger partial charge in [0.25, 0.3) is 5.56 Å². The fraction of sp³-hybridized carbons (Fsp3) is 0.103. The van der Waals surface area contributed by atoms with Crippen molar-refractivity contribution in [1.82, 2.24) is 14.1 Å². The zero-order valence-electron chi connectivity index (χ0n) is 19.3. The van der Waals surface area contributed by atoms with E-state index in [9.17, 15) is 15.3 Å². The van der Waals surface area contributed by atoms with Gasteiger partial charge in [-0.2, -0.15) is 10.5 Å². The van der Waals surface area contributed by atoms with Crippen molar-refractivity contribution in [2.75, 3.05) is 0 Å². The van der Waals surface area contributed by atoms with Gasteiger partial charge in [0.1, 0.15) is 0 Å². The third-order valence-electron chi connectivity index (χ3n) is 6.43. The van der Waals surface area contributed by atoms with Gasteiger partial charge >= 0.3 is 0 Å². The molecule has 0 radical (unpaired) electrons. The van der Waals surface area contributed by atoms with Gasteiger partial charge in [-0.15, -0.1) is 0 Å². The van der Waals surface area contributed by atoms with Crippen molar-refractivity contribution >= 4 is 10.9 Å². The minimum atomic E-state index is -0.129. The molecule has 0 unspecified atom stereocenters. The van der Waals surface area contributed by atoms with Gasteiger partial charge < -0.3 is 9.13 Å². The SMILES string of the molecule is Cn1cncc1[C@@H](c1ccc(C#N)cc1)c1ccc2c(c1)c(-c1cccc(C#N)c1)cc(=O)n2C. The van der Waals surface area contributed by atoms with Gasteiger partial charge in [0, 0.05) is 37.4 Å². The predicted molar refractivity (Wildman–Crippen MR) is 135 cm³/mol. The number of imidazole rings is 1. The summed E-state index contributed by atoms with van der Waals surface area (Å²) in [4.78, 5) is 17.1. The molecule has 35 heavy (non-hydrogen) atoms. The molecule has 6 heteroatoms. The Balaban J connectivity index is 1.78. The normalized spacial score (nSPS) is 11.7. The average Bonchev–Trinajstić information content (AvgIpc) is 3.32. The molecule has 1 atom stereocenters. The zero-order valence-corrected chi connectivity index (χ0v) is 19.3. The van der Waals surface area contributed by atoms with E-state index in [-0.39, 0.29) is 11.5 Å². The highest BCUT2D eigenvalue weighted by Gasteiger charge is 2.21. The lowest BCUT2D eigenvalue weighted by molar-refractivity contribution is 0.793. The van der Waals surface area contributed by atoms with E-state index in [1.165, 1.54) is 0 Å². The van der Waals surface area contributed by atoms with Crippen LogP contribution in [0.3, 0.4) is 0 Å². The number of hydrogen-bond acceptors (Lipinski definition) is 4. The van der Waals surface area contributed by atoms with Crippen LogP contribution >= 0.6 is 0 Å². The fourth-order valence-electron chi connectivity index (χ4n) is 4.58. The molecular weight excluding hydrogens is 434 g/mol. The topological polar surface area (TPSA) is 87.4 Å². The Morgan fingerprint density at radius 3 is 2.29 bits per heavy atom. The first-order valence-corrected chi connectivity index (χ1v) is 11.1. The second kappa shape index (κ2) is 8.78. The second-order valence-electron chi connectivity index (χ2n) is 8.52. The molecule has 2 heterocycles. The maximum Gasteiger partial charge on any atom is 0.251 e. The summed E-state index contributed by atoms with van der Waals surface area (Å²) in [5, 5.41) is 19.5. The van der Waals surface area contributed by atoms with Crippen molar-refractivity contribution in [2.45, 2.75) is 5.92 Å². The highest BCUT2D eigenvalue weighted by molar-refractivity contribution is 5.95. The van der Waals surface area contributed by atoms with Crippen LogP contribution in [-0.2, 0) is 14.1 Å². The molecule has 0 saturated heterocycles. The molecule has 5 aromatic rings. The van der Waals surface area contributed by atoms with Gasteiger partial charge in [-0.1, -0.05) is 30.3 Å². The molecule has 0 fully saturated rings. The van der Waals surface area contributed by atoms with E-state index in [1.54, 1.807) is 36.1 Å². The molecule has 0 saturated carbocycles. The molecule has 0 aliphatic rings. The van der Waals surface area contributed by atoms with Crippen molar-refractivity contribution < 1.29 is 0 Å². The molecule has 3 aromatic carbocycles. The smallest absolute Gasteiger partial charge is 0.251 e. The van der Waals surface area contributed by atoms with E-state index in [1.807, 2.05) is 66.3 Å². The Labute approximate surface area is 202 Å². The Morgan fingerprint density at radius 1 is 0.857 bits per heavy atom. The summed E-state index contributed by atoms with van der Waals surface area (Å²) in [6, 6.07) is 27.0. The van der Waals surface area contributed by atoms with Gasteiger partial charge in [-0.05, 0) is 58.7 Å². The first-order chi connectivity index (χ1) is 17.0. The van der Waals surface area contributed by atoms with Gasteiger partial charge in [-0.3, -0.25) is 4.79 Å². The largest absolute Gasteiger partial charge is 0.337 e. The van der Waals surface area contributed by atoms with Gasteiger partial charge in [0.05, 0.1) is 41.0 Å². The van der Waals surface area contributed by atoms with Gasteiger partial charge in [-0.25, -0.2) is 4.98 Å². The highest BCUT2D eigenvalue weighted by atomic mass is 16.1. The quantitative estimate of drug-likeness (QED) is 0.387. The summed E-state index contributed by atoms with van der Waals surface area (Å²) in [6.07, 6.45) is 3.63. The molecule has 0 aliphatic heterocycles. The summed E-state index contributed by atoms with van der Waals surface area (Å²) in [6.45, 7) is 0. The van der Waals surface area contributed by atoms with E-state index in [0.29, 0.717) is 11.1 Å². The van der Waals surface area contributed by atoms with Crippen LogP contribution in [0.4, 0.5) is 0 Å². The lowest BCUT2D eigenvalue weighted by Crippen LogP contribution is -2.16. The minimum absolute atomic E-state index is 0.113. The first-order valence-electron chi connectivity index (χ1n) is 11.1. The number of pyridine rings is 1. The summed E-state index contributed by atoms with van der Waals surface area (Å²) >= 11 is 0. The second-order valence-corrected chi connectivity index (χ2v) is 8.52. The number of hydrogen-bond donors (Lipinski definition) is 0. The molecule has 2 aromatic heterocycles. The maximum absolute atomic E-state index is 12.8. The third kappa shape index (κ3) is 3.88. The lowest BCUT2D eigenvalue weighted by Gasteiger charge is -2.20. The van der Waals surface area contributed by atoms with Crippen LogP contribution in [-0.4, -0.2) is 14.1 Å². The Bertz CT molecular complexity index is 1710. The molecule has 6 nitrogen and oxygen atoms in total. The molecule has 0 N–H and O–H groups in total. The van der Waals surface area contributed by atoms with Crippen LogP contribution in [0.1, 0.15) is 33.9 Å². The molecule has 0 spiro atoms. The molecule has 0 amide bonds. The van der Waals surface area contributed by atoms with E-state index in [2.05, 4.69) is 23.2 Å². The number of rotatable bonds is 4. The number of fused-ring (bicyclic) bond motifs is 1. The zero-order chi connectivity index (χ0) is 24.5. The molecule has 168 valence electrons. The summed E-state index contributed by atoms with van der Waals surface area (Å²) in [5.74, 6) is -0.129. The third-order valence-corrected chi connectivity index (χ3v) is 6.43. The molecule has 5 rings (SSSR count). The van der Waals surface area contributed by atoms with E-state index >= 15 is 0 Å². The molecule has 0 aliphatic carbocycles. The summed E-state index contributed by atoms with van der Waals surface area (Å²) in [7, 11) is 3.72. The lowest BCUT2D eigenvalue weighted by atomic mass is 9.86. The van der Waals surface area contributed by atoms with Crippen molar-refractivity contribution in [3.05, 3.63) is 124 Å². The number of aromatic nitrogens is 3. The predicted octanol–water partition coefficient (Wildman–Crippen LogP) is 4.86. The average molecular weight is 456 g/mol. The van der Waals surface area contributed by atoms with Crippen molar-refractivity contribution in [2.24, 2.45) is 14.1 Å². The first kappa shape index (κ1) is 21.9. The number of nitrogens with zero attached hydrogens (tertiary/aromatic N) is 5. The fourth-order valence-corrected chi connectivity index (χ4v) is 4.58. The van der Waals surface area contributed by atoms with Crippen LogP contribution in [0.25, 0.3) is 22.0 Å². The van der Waals surface area contributed by atoms with E-state index in [0.717, 1.165) is 38.9 Å². The van der Waals surface area contributed by atoms with Crippen molar-refractivity contribution in [3.63, 3.8) is 0 Å². The number of aryl methyl sites for hydroxylation is 2. The summed E-state index contributed by atoms with van der Waals surface area (Å²) in [5.41, 5.74) is 6.51. The van der Waals surface area contributed by atoms with Crippen molar-refractivity contribution in [1.29, 1.82) is 10.5 Å². The maximum atomic E-state index is 12.8. The summed E-state index contributed by atoms with van der Waals surface area (Å²) < 4.78 is 3.63. The standard InChI is InChI=1S/C29H21N5O/c1-33-18-32-17-27(33)29(21-8-6-19(15-30)7-9-21)23-10-11-26-25(13-23)24(14-28(35)34(26)2)22-5-3-4-20(12-22)16-31/h3-14,17-18,29H,1-2H3/t29-/m0/s1. The van der Waals surface area contributed by atoms with Crippen LogP contribution in [0.2, 0.25) is 0 Å². The Hall–Kier alpha value is -4.94. The van der Waals surface area contributed by atoms with Crippen molar-refractivity contribution in [3.8, 4) is 23.3 Å². The van der Waals surface area contributed by atoms with Gasteiger partial charge in [0.15, 0.2) is 0 Å². The molecule has 0 bridgehead atoms. The van der Waals surface area contributed by atoms with Crippen LogP contribution in [0, 0.1) is 22.7 Å².